The smallest absolute Gasteiger partial charge is 0.255 e. The Balaban J connectivity index is 1.79. The van der Waals surface area contributed by atoms with Crippen molar-refractivity contribution in [3.05, 3.63) is 71.7 Å². The van der Waals surface area contributed by atoms with Crippen LogP contribution in [0.2, 0.25) is 0 Å². The minimum Gasteiger partial charge on any atom is -0.490 e. The zero-order valence-corrected chi connectivity index (χ0v) is 20.4. The molecule has 9 heteroatoms. The molecule has 1 heterocycles. The summed E-state index contributed by atoms with van der Waals surface area (Å²) in [5, 5.41) is 2.83. The third-order valence-electron chi connectivity index (χ3n) is 4.91. The van der Waals surface area contributed by atoms with Crippen LogP contribution in [0.3, 0.4) is 0 Å². The van der Waals surface area contributed by atoms with E-state index in [4.69, 9.17) is 13.9 Å². The first-order valence-electron chi connectivity index (χ1n) is 11.2. The molecule has 0 aliphatic heterocycles. The molecule has 8 nitrogen and oxygen atoms in total. The van der Waals surface area contributed by atoms with Crippen LogP contribution in [-0.2, 0) is 16.6 Å². The SMILES string of the molecule is CCCOc1ccc(NC(=O)c2cc(S(=O)(=O)NCc3ccco3)ccc2C)cc1OCCC. The van der Waals surface area contributed by atoms with Gasteiger partial charge in [-0.1, -0.05) is 19.9 Å². The predicted molar refractivity (Wildman–Crippen MR) is 130 cm³/mol. The quantitative estimate of drug-likeness (QED) is 0.377. The Morgan fingerprint density at radius 1 is 0.971 bits per heavy atom. The molecule has 0 aliphatic carbocycles. The number of hydrogen-bond acceptors (Lipinski definition) is 6. The fraction of sp³-hybridized carbons (Fsp3) is 0.320. The highest BCUT2D eigenvalue weighted by atomic mass is 32.2. The molecule has 2 aromatic carbocycles. The van der Waals surface area contributed by atoms with Crippen LogP contribution in [0.25, 0.3) is 0 Å². The molecule has 34 heavy (non-hydrogen) atoms. The summed E-state index contributed by atoms with van der Waals surface area (Å²) >= 11 is 0. The molecule has 182 valence electrons. The molecule has 3 rings (SSSR count). The lowest BCUT2D eigenvalue weighted by Crippen LogP contribution is -2.24. The van der Waals surface area contributed by atoms with Gasteiger partial charge in [0, 0.05) is 17.3 Å². The molecule has 0 fully saturated rings. The van der Waals surface area contributed by atoms with Crippen LogP contribution in [0.5, 0.6) is 11.5 Å². The number of anilines is 1. The van der Waals surface area contributed by atoms with Gasteiger partial charge in [0.2, 0.25) is 10.0 Å². The molecular formula is C25H30N2O6S. The van der Waals surface area contributed by atoms with Gasteiger partial charge in [0.15, 0.2) is 11.5 Å². The van der Waals surface area contributed by atoms with Crippen molar-refractivity contribution in [3.8, 4) is 11.5 Å². The summed E-state index contributed by atoms with van der Waals surface area (Å²) in [5.74, 6) is 1.22. The lowest BCUT2D eigenvalue weighted by atomic mass is 10.1. The number of carbonyl (C=O) groups is 1. The summed E-state index contributed by atoms with van der Waals surface area (Å²) in [5.41, 5.74) is 1.42. The molecule has 1 amide bonds. The molecule has 1 aromatic heterocycles. The number of benzene rings is 2. The molecule has 0 radical (unpaired) electrons. The second-order valence-corrected chi connectivity index (χ2v) is 9.46. The van der Waals surface area contributed by atoms with Crippen molar-refractivity contribution in [3.63, 3.8) is 0 Å². The van der Waals surface area contributed by atoms with Gasteiger partial charge in [-0.15, -0.1) is 0 Å². The van der Waals surface area contributed by atoms with E-state index in [2.05, 4.69) is 10.0 Å². The van der Waals surface area contributed by atoms with E-state index in [1.54, 1.807) is 43.3 Å². The van der Waals surface area contributed by atoms with Gasteiger partial charge in [0.25, 0.3) is 5.91 Å². The molecule has 0 saturated carbocycles. The third-order valence-corrected chi connectivity index (χ3v) is 6.30. The van der Waals surface area contributed by atoms with Crippen molar-refractivity contribution in [1.82, 2.24) is 4.72 Å². The van der Waals surface area contributed by atoms with Gasteiger partial charge in [0.1, 0.15) is 5.76 Å². The number of nitrogens with one attached hydrogen (secondary N) is 2. The first kappa shape index (κ1) is 25.3. The molecule has 0 atom stereocenters. The fourth-order valence-corrected chi connectivity index (χ4v) is 4.14. The van der Waals surface area contributed by atoms with Crippen molar-refractivity contribution in [2.75, 3.05) is 18.5 Å². The lowest BCUT2D eigenvalue weighted by molar-refractivity contribution is 0.102. The Kier molecular flexibility index (Phi) is 8.72. The second-order valence-electron chi connectivity index (χ2n) is 7.69. The number of rotatable bonds is 12. The number of carbonyl (C=O) groups excluding carboxylic acids is 1. The van der Waals surface area contributed by atoms with E-state index in [-0.39, 0.29) is 17.0 Å². The van der Waals surface area contributed by atoms with Crippen molar-refractivity contribution in [2.45, 2.75) is 45.1 Å². The second kappa shape index (κ2) is 11.7. The number of ether oxygens (including phenoxy) is 2. The maximum absolute atomic E-state index is 13.0. The van der Waals surface area contributed by atoms with E-state index in [1.165, 1.54) is 18.4 Å². The Bertz CT molecular complexity index is 1210. The monoisotopic (exact) mass is 486 g/mol. The van der Waals surface area contributed by atoms with Gasteiger partial charge < -0.3 is 19.2 Å². The Morgan fingerprint density at radius 3 is 2.38 bits per heavy atom. The van der Waals surface area contributed by atoms with Gasteiger partial charge >= 0.3 is 0 Å². The molecule has 0 spiro atoms. The number of hydrogen-bond donors (Lipinski definition) is 2. The van der Waals surface area contributed by atoms with E-state index in [0.29, 0.717) is 41.7 Å². The average molecular weight is 487 g/mol. The van der Waals surface area contributed by atoms with Crippen LogP contribution in [-0.4, -0.2) is 27.5 Å². The third kappa shape index (κ3) is 6.61. The van der Waals surface area contributed by atoms with E-state index < -0.39 is 15.9 Å². The summed E-state index contributed by atoms with van der Waals surface area (Å²) < 4.78 is 44.6. The Morgan fingerprint density at radius 2 is 1.71 bits per heavy atom. The maximum atomic E-state index is 13.0. The van der Waals surface area contributed by atoms with Crippen LogP contribution < -0.4 is 19.5 Å². The normalized spacial score (nSPS) is 11.3. The van der Waals surface area contributed by atoms with Crippen LogP contribution in [0, 0.1) is 6.92 Å². The molecule has 0 aliphatic rings. The molecular weight excluding hydrogens is 456 g/mol. The zero-order chi connectivity index (χ0) is 24.6. The molecule has 0 unspecified atom stereocenters. The van der Waals surface area contributed by atoms with E-state index in [1.807, 2.05) is 13.8 Å². The highest BCUT2D eigenvalue weighted by Crippen LogP contribution is 2.31. The summed E-state index contributed by atoms with van der Waals surface area (Å²) in [4.78, 5) is 13.0. The van der Waals surface area contributed by atoms with E-state index in [0.717, 1.165) is 12.8 Å². The summed E-state index contributed by atoms with van der Waals surface area (Å²) in [6.07, 6.45) is 3.16. The van der Waals surface area contributed by atoms with Crippen molar-refractivity contribution >= 4 is 21.6 Å². The molecule has 2 N–H and O–H groups in total. The first-order chi connectivity index (χ1) is 16.3. The predicted octanol–water partition coefficient (Wildman–Crippen LogP) is 4.90. The lowest BCUT2D eigenvalue weighted by Gasteiger charge is -2.15. The summed E-state index contributed by atoms with van der Waals surface area (Å²) in [6.45, 7) is 6.86. The van der Waals surface area contributed by atoms with Crippen LogP contribution in [0.4, 0.5) is 5.69 Å². The van der Waals surface area contributed by atoms with E-state index >= 15 is 0 Å². The standard InChI is InChI=1S/C25H30N2O6S/c1-4-12-32-23-11-9-19(15-24(23)33-13-5-2)27-25(28)22-16-21(10-8-18(22)3)34(29,30)26-17-20-7-6-14-31-20/h6-11,14-16,26H,4-5,12-13,17H2,1-3H3,(H,27,28). The number of aryl methyl sites for hydroxylation is 1. The number of furan rings is 1. The highest BCUT2D eigenvalue weighted by molar-refractivity contribution is 7.89. The fourth-order valence-electron chi connectivity index (χ4n) is 3.12. The largest absolute Gasteiger partial charge is 0.490 e. The summed E-state index contributed by atoms with van der Waals surface area (Å²) in [7, 11) is -3.84. The topological polar surface area (TPSA) is 107 Å². The zero-order valence-electron chi connectivity index (χ0n) is 19.6. The highest BCUT2D eigenvalue weighted by Gasteiger charge is 2.19. The minimum atomic E-state index is -3.84. The summed E-state index contributed by atoms with van der Waals surface area (Å²) in [6, 6.07) is 13.0. The van der Waals surface area contributed by atoms with Crippen LogP contribution in [0.15, 0.2) is 64.1 Å². The number of sulfonamides is 1. The van der Waals surface area contributed by atoms with Crippen LogP contribution in [0.1, 0.15) is 48.4 Å². The van der Waals surface area contributed by atoms with Crippen molar-refractivity contribution in [2.24, 2.45) is 0 Å². The van der Waals surface area contributed by atoms with Crippen LogP contribution >= 0.6 is 0 Å². The Labute approximate surface area is 200 Å². The van der Waals surface area contributed by atoms with Crippen molar-refractivity contribution < 1.29 is 27.1 Å². The molecule has 3 aromatic rings. The van der Waals surface area contributed by atoms with Gasteiger partial charge in [-0.2, -0.15) is 0 Å². The van der Waals surface area contributed by atoms with E-state index in [9.17, 15) is 13.2 Å². The van der Waals surface area contributed by atoms with Gasteiger partial charge in [-0.3, -0.25) is 4.79 Å². The first-order valence-corrected chi connectivity index (χ1v) is 12.7. The van der Waals surface area contributed by atoms with Gasteiger partial charge in [0.05, 0.1) is 30.9 Å². The van der Waals surface area contributed by atoms with Crippen molar-refractivity contribution in [1.29, 1.82) is 0 Å². The molecule has 0 bridgehead atoms. The van der Waals surface area contributed by atoms with Gasteiger partial charge in [-0.25, -0.2) is 13.1 Å². The maximum Gasteiger partial charge on any atom is 0.255 e. The molecule has 0 saturated heterocycles. The minimum absolute atomic E-state index is 0.00918. The average Bonchev–Trinajstić information content (AvgIpc) is 3.35. The number of amides is 1. The Hall–Kier alpha value is -3.30. The van der Waals surface area contributed by atoms with Gasteiger partial charge in [-0.05, 0) is 61.7 Å².